The summed E-state index contributed by atoms with van der Waals surface area (Å²) in [7, 11) is 3.34. The Labute approximate surface area is 113 Å². The lowest BCUT2D eigenvalue weighted by Crippen LogP contribution is -2.42. The molecule has 1 N–H and O–H groups in total. The molecule has 0 radical (unpaired) electrons. The summed E-state index contributed by atoms with van der Waals surface area (Å²) in [6, 6.07) is 0.318. The number of methoxy groups -OCH3 is 2. The molecule has 2 heterocycles. The predicted octanol–water partition coefficient (Wildman–Crippen LogP) is -0.0463. The summed E-state index contributed by atoms with van der Waals surface area (Å²) >= 11 is 1.92. The molecule has 3 atom stereocenters. The van der Waals surface area contributed by atoms with Crippen LogP contribution in [0.2, 0.25) is 0 Å². The molecule has 1 amide bonds. The van der Waals surface area contributed by atoms with Crippen LogP contribution in [0.15, 0.2) is 0 Å². The molecule has 2 aliphatic heterocycles. The standard InChI is InChI=1S/C12H22N2O3S/c1-16-10-6-14(7-11(10)17-2)12(15)5-9-8-18-4-3-13-9/h9-11,13H,3-8H2,1-2H3. The van der Waals surface area contributed by atoms with Gasteiger partial charge in [0, 0.05) is 57.8 Å². The average molecular weight is 274 g/mol. The van der Waals surface area contributed by atoms with Crippen LogP contribution in [0.1, 0.15) is 6.42 Å². The van der Waals surface area contributed by atoms with E-state index < -0.39 is 0 Å². The Morgan fingerprint density at radius 2 is 2.00 bits per heavy atom. The number of ether oxygens (including phenoxy) is 2. The third-order valence-electron chi connectivity index (χ3n) is 3.59. The molecule has 2 fully saturated rings. The number of likely N-dealkylation sites (tertiary alicyclic amines) is 1. The van der Waals surface area contributed by atoms with Crippen molar-refractivity contribution in [1.29, 1.82) is 0 Å². The van der Waals surface area contributed by atoms with Crippen LogP contribution in [0.5, 0.6) is 0 Å². The molecule has 2 rings (SSSR count). The van der Waals surface area contributed by atoms with Gasteiger partial charge in [0.2, 0.25) is 5.91 Å². The van der Waals surface area contributed by atoms with Crippen molar-refractivity contribution in [1.82, 2.24) is 10.2 Å². The van der Waals surface area contributed by atoms with Crippen LogP contribution >= 0.6 is 11.8 Å². The van der Waals surface area contributed by atoms with Gasteiger partial charge in [-0.3, -0.25) is 4.79 Å². The third-order valence-corrected chi connectivity index (χ3v) is 4.72. The number of hydrogen-bond acceptors (Lipinski definition) is 5. The quantitative estimate of drug-likeness (QED) is 0.779. The van der Waals surface area contributed by atoms with E-state index in [9.17, 15) is 4.79 Å². The van der Waals surface area contributed by atoms with E-state index >= 15 is 0 Å². The molecular weight excluding hydrogens is 252 g/mol. The fourth-order valence-corrected chi connectivity index (χ4v) is 3.44. The molecular formula is C12H22N2O3S. The van der Waals surface area contributed by atoms with E-state index in [0.29, 0.717) is 25.6 Å². The summed E-state index contributed by atoms with van der Waals surface area (Å²) < 4.78 is 10.7. The highest BCUT2D eigenvalue weighted by Gasteiger charge is 2.36. The van der Waals surface area contributed by atoms with Gasteiger partial charge < -0.3 is 19.7 Å². The van der Waals surface area contributed by atoms with Gasteiger partial charge in [-0.15, -0.1) is 0 Å². The van der Waals surface area contributed by atoms with Gasteiger partial charge in [-0.05, 0) is 0 Å². The van der Waals surface area contributed by atoms with Crippen LogP contribution in [0, 0.1) is 0 Å². The van der Waals surface area contributed by atoms with Crippen LogP contribution in [0.25, 0.3) is 0 Å². The Morgan fingerprint density at radius 1 is 1.33 bits per heavy atom. The topological polar surface area (TPSA) is 50.8 Å². The second kappa shape index (κ2) is 6.75. The fraction of sp³-hybridized carbons (Fsp3) is 0.917. The molecule has 0 aromatic rings. The van der Waals surface area contributed by atoms with E-state index in [1.165, 1.54) is 0 Å². The zero-order valence-electron chi connectivity index (χ0n) is 11.1. The van der Waals surface area contributed by atoms with Gasteiger partial charge >= 0.3 is 0 Å². The minimum Gasteiger partial charge on any atom is -0.377 e. The van der Waals surface area contributed by atoms with Crippen molar-refractivity contribution in [3.63, 3.8) is 0 Å². The highest BCUT2D eigenvalue weighted by Crippen LogP contribution is 2.18. The first kappa shape index (κ1) is 14.1. The summed E-state index contributed by atoms with van der Waals surface area (Å²) in [5.41, 5.74) is 0. The van der Waals surface area contributed by atoms with Crippen LogP contribution in [-0.4, -0.2) is 74.4 Å². The van der Waals surface area contributed by atoms with Gasteiger partial charge in [-0.2, -0.15) is 11.8 Å². The normalized spacial score (nSPS) is 32.8. The van der Waals surface area contributed by atoms with Crippen molar-refractivity contribution in [2.45, 2.75) is 24.7 Å². The van der Waals surface area contributed by atoms with Gasteiger partial charge in [-0.1, -0.05) is 0 Å². The van der Waals surface area contributed by atoms with E-state index in [1.54, 1.807) is 14.2 Å². The Morgan fingerprint density at radius 3 is 2.50 bits per heavy atom. The molecule has 0 bridgehead atoms. The van der Waals surface area contributed by atoms with E-state index in [4.69, 9.17) is 9.47 Å². The molecule has 5 nitrogen and oxygen atoms in total. The number of rotatable bonds is 4. The Balaban J connectivity index is 1.82. The fourth-order valence-electron chi connectivity index (χ4n) is 2.49. The molecule has 0 saturated carbocycles. The molecule has 6 heteroatoms. The lowest BCUT2D eigenvalue weighted by atomic mass is 10.2. The van der Waals surface area contributed by atoms with Crippen molar-refractivity contribution in [3.8, 4) is 0 Å². The Bertz CT molecular complexity index is 272. The van der Waals surface area contributed by atoms with Crippen LogP contribution in [0.3, 0.4) is 0 Å². The molecule has 104 valence electrons. The van der Waals surface area contributed by atoms with Gasteiger partial charge in [0.15, 0.2) is 0 Å². The highest BCUT2D eigenvalue weighted by atomic mass is 32.2. The molecule has 0 aromatic heterocycles. The molecule has 0 spiro atoms. The zero-order valence-corrected chi connectivity index (χ0v) is 11.9. The minimum atomic E-state index is 0.00707. The van der Waals surface area contributed by atoms with Crippen LogP contribution < -0.4 is 5.32 Å². The molecule has 18 heavy (non-hydrogen) atoms. The third kappa shape index (κ3) is 3.38. The maximum Gasteiger partial charge on any atom is 0.224 e. The number of hydrogen-bond donors (Lipinski definition) is 1. The Kier molecular flexibility index (Phi) is 5.29. The summed E-state index contributed by atoms with van der Waals surface area (Å²) in [6.45, 7) is 2.30. The smallest absolute Gasteiger partial charge is 0.224 e. The first-order valence-corrected chi connectivity index (χ1v) is 7.54. The average Bonchev–Trinajstić information content (AvgIpc) is 2.83. The number of amides is 1. The monoisotopic (exact) mass is 274 g/mol. The van der Waals surface area contributed by atoms with Crippen molar-refractivity contribution in [3.05, 3.63) is 0 Å². The maximum atomic E-state index is 12.2. The van der Waals surface area contributed by atoms with Gasteiger partial charge in [0.05, 0.1) is 0 Å². The number of nitrogens with zero attached hydrogens (tertiary/aromatic N) is 1. The lowest BCUT2D eigenvalue weighted by Gasteiger charge is -2.25. The van der Waals surface area contributed by atoms with Gasteiger partial charge in [0.25, 0.3) is 0 Å². The minimum absolute atomic E-state index is 0.00707. The number of carbonyl (C=O) groups excluding carboxylic acids is 1. The largest absolute Gasteiger partial charge is 0.377 e. The number of thioether (sulfide) groups is 1. The zero-order chi connectivity index (χ0) is 13.0. The second-order valence-electron chi connectivity index (χ2n) is 4.78. The van der Waals surface area contributed by atoms with Crippen LogP contribution in [-0.2, 0) is 14.3 Å². The van der Waals surface area contributed by atoms with E-state index in [-0.39, 0.29) is 18.1 Å². The van der Waals surface area contributed by atoms with E-state index in [0.717, 1.165) is 18.1 Å². The van der Waals surface area contributed by atoms with E-state index in [1.807, 2.05) is 16.7 Å². The molecule has 2 aliphatic rings. The molecule has 0 aromatic carbocycles. The molecule has 3 unspecified atom stereocenters. The van der Waals surface area contributed by atoms with Crippen LogP contribution in [0.4, 0.5) is 0 Å². The number of nitrogens with one attached hydrogen (secondary N) is 1. The lowest BCUT2D eigenvalue weighted by molar-refractivity contribution is -0.131. The van der Waals surface area contributed by atoms with E-state index in [2.05, 4.69) is 5.32 Å². The predicted molar refractivity (Wildman–Crippen MR) is 71.9 cm³/mol. The van der Waals surface area contributed by atoms with Crippen molar-refractivity contribution >= 4 is 17.7 Å². The maximum absolute atomic E-state index is 12.2. The molecule has 2 saturated heterocycles. The number of carbonyl (C=O) groups is 1. The summed E-state index contributed by atoms with van der Waals surface area (Å²) in [5, 5.41) is 3.39. The highest BCUT2D eigenvalue weighted by molar-refractivity contribution is 7.99. The van der Waals surface area contributed by atoms with Crippen molar-refractivity contribution in [2.24, 2.45) is 0 Å². The molecule has 0 aliphatic carbocycles. The Hall–Kier alpha value is -0.300. The SMILES string of the molecule is COC1CN(C(=O)CC2CSCCN2)CC1OC. The first-order chi connectivity index (χ1) is 8.74. The van der Waals surface area contributed by atoms with Gasteiger partial charge in [0.1, 0.15) is 12.2 Å². The van der Waals surface area contributed by atoms with Crippen molar-refractivity contribution < 1.29 is 14.3 Å². The van der Waals surface area contributed by atoms with Crippen molar-refractivity contribution in [2.75, 3.05) is 45.4 Å². The summed E-state index contributed by atoms with van der Waals surface area (Å²) in [4.78, 5) is 14.1. The second-order valence-corrected chi connectivity index (χ2v) is 5.93. The summed E-state index contributed by atoms with van der Waals surface area (Å²) in [5.74, 6) is 2.38. The first-order valence-electron chi connectivity index (χ1n) is 6.39. The van der Waals surface area contributed by atoms with Gasteiger partial charge in [-0.25, -0.2) is 0 Å². The summed E-state index contributed by atoms with van der Waals surface area (Å²) in [6.07, 6.45) is 0.597.